The van der Waals surface area contributed by atoms with Gasteiger partial charge in [0.2, 0.25) is 0 Å². The SMILES string of the molecule is CN=C(NCCCSc1ccccc1)NCC1(CCOC)CCC1.I. The van der Waals surface area contributed by atoms with Crippen molar-refractivity contribution in [2.24, 2.45) is 10.4 Å². The van der Waals surface area contributed by atoms with Gasteiger partial charge in [0.1, 0.15) is 0 Å². The summed E-state index contributed by atoms with van der Waals surface area (Å²) in [4.78, 5) is 5.68. The number of rotatable bonds is 10. The second-order valence-electron chi connectivity index (χ2n) is 6.46. The van der Waals surface area contributed by atoms with Gasteiger partial charge in [-0.15, -0.1) is 35.7 Å². The van der Waals surface area contributed by atoms with Crippen LogP contribution in [0.2, 0.25) is 0 Å². The number of benzene rings is 1. The van der Waals surface area contributed by atoms with Gasteiger partial charge in [-0.2, -0.15) is 0 Å². The molecule has 0 amide bonds. The Morgan fingerprint density at radius 2 is 2.00 bits per heavy atom. The molecule has 25 heavy (non-hydrogen) atoms. The van der Waals surface area contributed by atoms with E-state index in [0.29, 0.717) is 5.41 Å². The summed E-state index contributed by atoms with van der Waals surface area (Å²) in [6, 6.07) is 10.6. The molecule has 0 heterocycles. The van der Waals surface area contributed by atoms with Crippen molar-refractivity contribution in [3.05, 3.63) is 30.3 Å². The Morgan fingerprint density at radius 3 is 2.60 bits per heavy atom. The van der Waals surface area contributed by atoms with Crippen molar-refractivity contribution in [1.29, 1.82) is 0 Å². The van der Waals surface area contributed by atoms with E-state index in [1.54, 1.807) is 7.11 Å². The fourth-order valence-electron chi connectivity index (χ4n) is 2.99. The minimum atomic E-state index is 0. The number of hydrogen-bond acceptors (Lipinski definition) is 3. The largest absolute Gasteiger partial charge is 0.385 e. The maximum atomic E-state index is 5.26. The molecule has 2 rings (SSSR count). The lowest BCUT2D eigenvalue weighted by Crippen LogP contribution is -2.47. The first-order chi connectivity index (χ1) is 11.8. The number of nitrogens with zero attached hydrogens (tertiary/aromatic N) is 1. The monoisotopic (exact) mass is 477 g/mol. The lowest BCUT2D eigenvalue weighted by molar-refractivity contribution is 0.0732. The molecule has 142 valence electrons. The van der Waals surface area contributed by atoms with Crippen LogP contribution in [0.4, 0.5) is 0 Å². The highest BCUT2D eigenvalue weighted by atomic mass is 127. The fourth-order valence-corrected chi connectivity index (χ4v) is 3.86. The van der Waals surface area contributed by atoms with Gasteiger partial charge in [0.15, 0.2) is 5.96 Å². The van der Waals surface area contributed by atoms with E-state index in [0.717, 1.165) is 44.3 Å². The Bertz CT molecular complexity index is 495. The summed E-state index contributed by atoms with van der Waals surface area (Å²) in [6.07, 6.45) is 6.20. The molecule has 0 aliphatic heterocycles. The first kappa shape index (κ1) is 22.6. The Labute approximate surface area is 174 Å². The molecule has 1 saturated carbocycles. The van der Waals surface area contributed by atoms with Gasteiger partial charge in [0.05, 0.1) is 0 Å². The molecular formula is C19H32IN3OS. The van der Waals surface area contributed by atoms with Crippen LogP contribution >= 0.6 is 35.7 Å². The van der Waals surface area contributed by atoms with Gasteiger partial charge in [-0.05, 0) is 49.0 Å². The van der Waals surface area contributed by atoms with Gasteiger partial charge in [-0.25, -0.2) is 0 Å². The summed E-state index contributed by atoms with van der Waals surface area (Å²) < 4.78 is 5.26. The Morgan fingerprint density at radius 1 is 1.24 bits per heavy atom. The molecule has 0 saturated heterocycles. The third-order valence-corrected chi connectivity index (χ3v) is 5.83. The normalized spacial score (nSPS) is 15.8. The van der Waals surface area contributed by atoms with Crippen molar-refractivity contribution in [3.63, 3.8) is 0 Å². The van der Waals surface area contributed by atoms with E-state index in [-0.39, 0.29) is 24.0 Å². The second-order valence-corrected chi connectivity index (χ2v) is 7.63. The molecule has 0 unspecified atom stereocenters. The fraction of sp³-hybridized carbons (Fsp3) is 0.632. The third kappa shape index (κ3) is 8.17. The van der Waals surface area contributed by atoms with E-state index in [1.807, 2.05) is 18.8 Å². The Balaban J connectivity index is 0.00000312. The Hall–Kier alpha value is -0.470. The van der Waals surface area contributed by atoms with Crippen molar-refractivity contribution in [1.82, 2.24) is 10.6 Å². The zero-order valence-electron chi connectivity index (χ0n) is 15.4. The maximum Gasteiger partial charge on any atom is 0.190 e. The van der Waals surface area contributed by atoms with E-state index in [4.69, 9.17) is 4.74 Å². The van der Waals surface area contributed by atoms with Gasteiger partial charge in [0.25, 0.3) is 0 Å². The number of ether oxygens (including phenoxy) is 1. The average Bonchev–Trinajstić information content (AvgIpc) is 2.59. The molecule has 0 spiro atoms. The molecule has 1 aromatic carbocycles. The van der Waals surface area contributed by atoms with Crippen molar-refractivity contribution in [2.75, 3.05) is 39.6 Å². The molecule has 0 bridgehead atoms. The average molecular weight is 477 g/mol. The number of hydrogen-bond donors (Lipinski definition) is 2. The topological polar surface area (TPSA) is 45.7 Å². The molecule has 0 atom stereocenters. The van der Waals surface area contributed by atoms with Crippen molar-refractivity contribution < 1.29 is 4.74 Å². The van der Waals surface area contributed by atoms with Crippen LogP contribution in [0.25, 0.3) is 0 Å². The van der Waals surface area contributed by atoms with Gasteiger partial charge >= 0.3 is 0 Å². The molecule has 1 fully saturated rings. The van der Waals surface area contributed by atoms with E-state index < -0.39 is 0 Å². The van der Waals surface area contributed by atoms with E-state index >= 15 is 0 Å². The molecule has 6 heteroatoms. The molecule has 4 nitrogen and oxygen atoms in total. The van der Waals surface area contributed by atoms with Gasteiger partial charge in [-0.1, -0.05) is 24.6 Å². The number of guanidine groups is 1. The highest BCUT2D eigenvalue weighted by Crippen LogP contribution is 2.43. The standard InChI is InChI=1S/C19H31N3OS.HI/c1-20-18(22-16-19(10-6-11-19)12-14-23-2)21-13-7-15-24-17-8-4-3-5-9-17;/h3-5,8-9H,6-7,10-16H2,1-2H3,(H2,20,21,22);1H. The predicted molar refractivity (Wildman–Crippen MR) is 119 cm³/mol. The summed E-state index contributed by atoms with van der Waals surface area (Å²) in [5.74, 6) is 2.04. The highest BCUT2D eigenvalue weighted by molar-refractivity contribution is 14.0. The molecule has 0 aromatic heterocycles. The quantitative estimate of drug-likeness (QED) is 0.175. The smallest absolute Gasteiger partial charge is 0.190 e. The van der Waals surface area contributed by atoms with Crippen LogP contribution in [-0.4, -0.2) is 45.6 Å². The lowest BCUT2D eigenvalue weighted by atomic mass is 9.67. The van der Waals surface area contributed by atoms with Crippen molar-refractivity contribution in [2.45, 2.75) is 37.0 Å². The molecule has 0 radical (unpaired) electrons. The molecule has 1 aliphatic carbocycles. The zero-order chi connectivity index (χ0) is 17.1. The second kappa shape index (κ2) is 12.8. The number of halogens is 1. The van der Waals surface area contributed by atoms with Crippen LogP contribution in [0.1, 0.15) is 32.1 Å². The number of thioether (sulfide) groups is 1. The third-order valence-electron chi connectivity index (χ3n) is 4.73. The van der Waals surface area contributed by atoms with E-state index in [9.17, 15) is 0 Å². The Kier molecular flexibility index (Phi) is 11.6. The summed E-state index contributed by atoms with van der Waals surface area (Å²) in [6.45, 7) is 2.80. The van der Waals surface area contributed by atoms with E-state index in [2.05, 4.69) is 46.0 Å². The lowest BCUT2D eigenvalue weighted by Gasteiger charge is -2.42. The summed E-state index contributed by atoms with van der Waals surface area (Å²) in [5.41, 5.74) is 0.413. The minimum absolute atomic E-state index is 0. The first-order valence-electron chi connectivity index (χ1n) is 8.89. The van der Waals surface area contributed by atoms with Gasteiger partial charge < -0.3 is 15.4 Å². The molecule has 1 aromatic rings. The maximum absolute atomic E-state index is 5.26. The summed E-state index contributed by atoms with van der Waals surface area (Å²) in [7, 11) is 3.63. The van der Waals surface area contributed by atoms with Gasteiger partial charge in [-0.3, -0.25) is 4.99 Å². The van der Waals surface area contributed by atoms with Crippen molar-refractivity contribution >= 4 is 41.7 Å². The number of aliphatic imine (C=N–C) groups is 1. The van der Waals surface area contributed by atoms with E-state index in [1.165, 1.54) is 24.2 Å². The molecular weight excluding hydrogens is 445 g/mol. The van der Waals surface area contributed by atoms with Gasteiger partial charge in [0, 0.05) is 38.7 Å². The first-order valence-corrected chi connectivity index (χ1v) is 9.88. The van der Waals surface area contributed by atoms with Crippen LogP contribution in [0.3, 0.4) is 0 Å². The number of nitrogens with one attached hydrogen (secondary N) is 2. The zero-order valence-corrected chi connectivity index (χ0v) is 18.6. The predicted octanol–water partition coefficient (Wildman–Crippen LogP) is 4.16. The van der Waals surface area contributed by atoms with Crippen LogP contribution in [0.5, 0.6) is 0 Å². The minimum Gasteiger partial charge on any atom is -0.385 e. The van der Waals surface area contributed by atoms with Crippen LogP contribution in [-0.2, 0) is 4.74 Å². The molecule has 2 N–H and O–H groups in total. The van der Waals surface area contributed by atoms with Crippen molar-refractivity contribution in [3.8, 4) is 0 Å². The summed E-state index contributed by atoms with van der Waals surface area (Å²) >= 11 is 1.90. The van der Waals surface area contributed by atoms with Crippen LogP contribution < -0.4 is 10.6 Å². The molecule has 1 aliphatic rings. The summed E-state index contributed by atoms with van der Waals surface area (Å²) in [5, 5.41) is 6.93. The van der Waals surface area contributed by atoms with Crippen LogP contribution in [0, 0.1) is 5.41 Å². The highest BCUT2D eigenvalue weighted by Gasteiger charge is 2.36. The number of methoxy groups -OCH3 is 1. The van der Waals surface area contributed by atoms with Crippen LogP contribution in [0.15, 0.2) is 40.2 Å².